The molecule has 0 saturated heterocycles. The zero-order valence-electron chi connectivity index (χ0n) is 9.31. The molecule has 1 saturated carbocycles. The van der Waals surface area contributed by atoms with Crippen LogP contribution in [0.3, 0.4) is 0 Å². The van der Waals surface area contributed by atoms with Crippen molar-refractivity contribution in [2.75, 3.05) is 0 Å². The van der Waals surface area contributed by atoms with Crippen LogP contribution in [0.25, 0.3) is 11.1 Å². The Morgan fingerprint density at radius 1 is 1.31 bits per heavy atom. The quantitative estimate of drug-likeness (QED) is 0.787. The smallest absolute Gasteiger partial charge is 0.147 e. The molecule has 3 rings (SSSR count). The molecular formula is C13H14N2O. The second-order valence-electron chi connectivity index (χ2n) is 4.23. The highest BCUT2D eigenvalue weighted by atomic mass is 16.5. The minimum atomic E-state index is 0.593. The van der Waals surface area contributed by atoms with Crippen molar-refractivity contribution in [2.24, 2.45) is 0 Å². The summed E-state index contributed by atoms with van der Waals surface area (Å²) in [7, 11) is 0. The van der Waals surface area contributed by atoms with Gasteiger partial charge in [0.2, 0.25) is 0 Å². The number of aromatic nitrogens is 2. The molecule has 3 nitrogen and oxygen atoms in total. The summed E-state index contributed by atoms with van der Waals surface area (Å²) in [4.78, 5) is 4.05. The van der Waals surface area contributed by atoms with Crippen molar-refractivity contribution in [1.82, 2.24) is 10.1 Å². The molecule has 0 bridgehead atoms. The summed E-state index contributed by atoms with van der Waals surface area (Å²) in [6.45, 7) is 2.11. The summed E-state index contributed by atoms with van der Waals surface area (Å²) in [5.41, 5.74) is 3.44. The zero-order valence-corrected chi connectivity index (χ0v) is 9.31. The van der Waals surface area contributed by atoms with Gasteiger partial charge in [-0.05, 0) is 37.0 Å². The highest BCUT2D eigenvalue weighted by Crippen LogP contribution is 2.45. The van der Waals surface area contributed by atoms with E-state index in [0.29, 0.717) is 5.92 Å². The fraction of sp³-hybridized carbons (Fsp3) is 0.385. The minimum Gasteiger partial charge on any atom is -0.360 e. The summed E-state index contributed by atoms with van der Waals surface area (Å²) >= 11 is 0. The third-order valence-electron chi connectivity index (χ3n) is 3.04. The topological polar surface area (TPSA) is 38.9 Å². The van der Waals surface area contributed by atoms with Crippen LogP contribution in [0, 0.1) is 0 Å². The van der Waals surface area contributed by atoms with Gasteiger partial charge in [-0.2, -0.15) is 0 Å². The average Bonchev–Trinajstić information content (AvgIpc) is 3.09. The largest absolute Gasteiger partial charge is 0.360 e. The first-order valence-electron chi connectivity index (χ1n) is 5.79. The molecule has 0 atom stereocenters. The molecule has 0 radical (unpaired) electrons. The molecule has 3 heteroatoms. The predicted octanol–water partition coefficient (Wildman–Crippen LogP) is 3.18. The Labute approximate surface area is 94.5 Å². The van der Waals surface area contributed by atoms with E-state index < -0.39 is 0 Å². The van der Waals surface area contributed by atoms with Crippen molar-refractivity contribution in [2.45, 2.75) is 32.1 Å². The number of rotatable bonds is 3. The second-order valence-corrected chi connectivity index (χ2v) is 4.23. The third-order valence-corrected chi connectivity index (χ3v) is 3.04. The van der Waals surface area contributed by atoms with E-state index in [4.69, 9.17) is 4.52 Å². The summed E-state index contributed by atoms with van der Waals surface area (Å²) in [6.07, 6.45) is 7.01. The predicted molar refractivity (Wildman–Crippen MR) is 61.1 cm³/mol. The van der Waals surface area contributed by atoms with Crippen molar-refractivity contribution in [1.29, 1.82) is 0 Å². The van der Waals surface area contributed by atoms with Gasteiger partial charge in [0.15, 0.2) is 0 Å². The van der Waals surface area contributed by atoms with Gasteiger partial charge >= 0.3 is 0 Å². The zero-order chi connectivity index (χ0) is 11.0. The molecule has 0 aliphatic heterocycles. The number of aryl methyl sites for hydroxylation is 1. The van der Waals surface area contributed by atoms with Crippen LogP contribution < -0.4 is 0 Å². The lowest BCUT2D eigenvalue weighted by Gasteiger charge is -2.01. The highest BCUT2D eigenvalue weighted by molar-refractivity contribution is 5.68. The van der Waals surface area contributed by atoms with Crippen molar-refractivity contribution in [3.63, 3.8) is 0 Å². The SMILES string of the molecule is CCc1noc(C2CC2)c1-c1ccncc1. The number of hydrogen-bond acceptors (Lipinski definition) is 3. The summed E-state index contributed by atoms with van der Waals surface area (Å²) in [5, 5.41) is 4.18. The van der Waals surface area contributed by atoms with Crippen molar-refractivity contribution in [3.05, 3.63) is 36.0 Å². The van der Waals surface area contributed by atoms with Gasteiger partial charge in [-0.25, -0.2) is 0 Å². The lowest BCUT2D eigenvalue weighted by atomic mass is 10.0. The minimum absolute atomic E-state index is 0.593. The Kier molecular flexibility index (Phi) is 2.24. The van der Waals surface area contributed by atoms with Crippen molar-refractivity contribution < 1.29 is 4.52 Å². The third kappa shape index (κ3) is 1.52. The van der Waals surface area contributed by atoms with Gasteiger partial charge < -0.3 is 4.52 Å². The highest BCUT2D eigenvalue weighted by Gasteiger charge is 2.32. The van der Waals surface area contributed by atoms with Crippen LogP contribution in [0.5, 0.6) is 0 Å². The lowest BCUT2D eigenvalue weighted by molar-refractivity contribution is 0.379. The molecular weight excluding hydrogens is 200 g/mol. The van der Waals surface area contributed by atoms with Gasteiger partial charge in [-0.15, -0.1) is 0 Å². The second kappa shape index (κ2) is 3.74. The van der Waals surface area contributed by atoms with Crippen LogP contribution in [0.1, 0.15) is 37.1 Å². The molecule has 0 amide bonds. The Hall–Kier alpha value is -1.64. The van der Waals surface area contributed by atoms with E-state index in [1.165, 1.54) is 24.0 Å². The molecule has 2 aromatic rings. The normalized spacial score (nSPS) is 15.3. The van der Waals surface area contributed by atoms with E-state index in [1.54, 1.807) is 0 Å². The Morgan fingerprint density at radius 3 is 2.69 bits per heavy atom. The molecule has 0 N–H and O–H groups in total. The van der Waals surface area contributed by atoms with Gasteiger partial charge in [0.05, 0.1) is 5.69 Å². The number of hydrogen-bond donors (Lipinski definition) is 0. The van der Waals surface area contributed by atoms with Crippen molar-refractivity contribution in [3.8, 4) is 11.1 Å². The summed E-state index contributed by atoms with van der Waals surface area (Å²) < 4.78 is 5.49. The Morgan fingerprint density at radius 2 is 2.06 bits per heavy atom. The summed E-state index contributed by atoms with van der Waals surface area (Å²) in [6, 6.07) is 4.05. The van der Waals surface area contributed by atoms with Crippen LogP contribution in [0.4, 0.5) is 0 Å². The molecule has 1 aliphatic rings. The molecule has 0 unspecified atom stereocenters. The number of nitrogens with zero attached hydrogens (tertiary/aromatic N) is 2. The van der Waals surface area contributed by atoms with Crippen LogP contribution in [0.15, 0.2) is 29.0 Å². The molecule has 82 valence electrons. The van der Waals surface area contributed by atoms with Crippen LogP contribution in [-0.2, 0) is 6.42 Å². The van der Waals surface area contributed by atoms with Crippen LogP contribution in [-0.4, -0.2) is 10.1 Å². The maximum atomic E-state index is 5.49. The summed E-state index contributed by atoms with van der Waals surface area (Å²) in [5.74, 6) is 1.67. The molecule has 0 spiro atoms. The first-order chi connectivity index (χ1) is 7.90. The molecule has 1 aliphatic carbocycles. The van der Waals surface area contributed by atoms with E-state index in [9.17, 15) is 0 Å². The van der Waals surface area contributed by atoms with E-state index >= 15 is 0 Å². The fourth-order valence-electron chi connectivity index (χ4n) is 2.03. The number of pyridine rings is 1. The Balaban J connectivity index is 2.13. The van der Waals surface area contributed by atoms with Gasteiger partial charge in [-0.3, -0.25) is 4.98 Å². The first-order valence-corrected chi connectivity index (χ1v) is 5.79. The average molecular weight is 214 g/mol. The molecule has 16 heavy (non-hydrogen) atoms. The van der Waals surface area contributed by atoms with Crippen LogP contribution in [0.2, 0.25) is 0 Å². The molecule has 1 fully saturated rings. The molecule has 2 aromatic heterocycles. The Bertz CT molecular complexity index is 486. The molecule has 0 aromatic carbocycles. The van der Waals surface area contributed by atoms with Crippen LogP contribution >= 0.6 is 0 Å². The van der Waals surface area contributed by atoms with E-state index in [1.807, 2.05) is 24.5 Å². The molecule has 2 heterocycles. The van der Waals surface area contributed by atoms with E-state index in [2.05, 4.69) is 17.1 Å². The lowest BCUT2D eigenvalue weighted by Crippen LogP contribution is -1.88. The monoisotopic (exact) mass is 214 g/mol. The van der Waals surface area contributed by atoms with E-state index in [0.717, 1.165) is 17.9 Å². The van der Waals surface area contributed by atoms with Gasteiger partial charge in [0.25, 0.3) is 0 Å². The standard InChI is InChI=1S/C13H14N2O/c1-2-11-12(9-5-7-14-8-6-9)13(16-15-11)10-3-4-10/h5-8,10H,2-4H2,1H3. The first kappa shape index (κ1) is 9.58. The van der Waals surface area contributed by atoms with Gasteiger partial charge in [-0.1, -0.05) is 12.1 Å². The van der Waals surface area contributed by atoms with Gasteiger partial charge in [0.1, 0.15) is 5.76 Å². The van der Waals surface area contributed by atoms with Gasteiger partial charge in [0, 0.05) is 23.9 Å². The van der Waals surface area contributed by atoms with E-state index in [-0.39, 0.29) is 0 Å². The maximum absolute atomic E-state index is 5.49. The fourth-order valence-corrected chi connectivity index (χ4v) is 2.03. The maximum Gasteiger partial charge on any atom is 0.147 e. The van der Waals surface area contributed by atoms with Crippen molar-refractivity contribution >= 4 is 0 Å².